The normalized spacial score (nSPS) is 16.3. The minimum Gasteiger partial charge on any atom is -0.325 e. The highest BCUT2D eigenvalue weighted by Crippen LogP contribution is 2.41. The fraction of sp³-hybridized carbons (Fsp3) is 0.400. The molecule has 1 amide bonds. The van der Waals surface area contributed by atoms with Gasteiger partial charge in [-0.05, 0) is 37.1 Å². The predicted octanol–water partition coefficient (Wildman–Crippen LogP) is 4.43. The number of halogens is 3. The molecule has 152 valence electrons. The number of alkyl halides is 3. The van der Waals surface area contributed by atoms with Crippen LogP contribution in [-0.4, -0.2) is 25.7 Å². The Morgan fingerprint density at radius 2 is 2.00 bits per heavy atom. The Bertz CT molecular complexity index is 1090. The summed E-state index contributed by atoms with van der Waals surface area (Å²) in [6.07, 6.45) is 0.372. The van der Waals surface area contributed by atoms with Gasteiger partial charge in [0.05, 0.1) is 16.6 Å². The number of hydrogen-bond acceptors (Lipinski definition) is 4. The Morgan fingerprint density at radius 3 is 2.72 bits per heavy atom. The molecule has 1 unspecified atom stereocenters. The first-order valence-electron chi connectivity index (χ1n) is 9.51. The third-order valence-corrected chi connectivity index (χ3v) is 5.04. The summed E-state index contributed by atoms with van der Waals surface area (Å²) in [4.78, 5) is 21.5. The Morgan fingerprint density at radius 1 is 1.21 bits per heavy atom. The first-order valence-corrected chi connectivity index (χ1v) is 9.51. The monoisotopic (exact) mass is 403 g/mol. The van der Waals surface area contributed by atoms with Crippen molar-refractivity contribution in [1.29, 1.82) is 0 Å². The van der Waals surface area contributed by atoms with Crippen molar-refractivity contribution >= 4 is 22.6 Å². The van der Waals surface area contributed by atoms with E-state index in [-0.39, 0.29) is 5.56 Å². The van der Waals surface area contributed by atoms with Crippen LogP contribution in [0.25, 0.3) is 11.0 Å². The first kappa shape index (κ1) is 19.4. The van der Waals surface area contributed by atoms with Crippen LogP contribution in [-0.2, 0) is 17.5 Å². The van der Waals surface area contributed by atoms with Crippen molar-refractivity contribution in [3.63, 3.8) is 0 Å². The molecule has 1 N–H and O–H groups in total. The molecule has 1 aromatic carbocycles. The Kier molecular flexibility index (Phi) is 4.76. The first-order chi connectivity index (χ1) is 13.8. The van der Waals surface area contributed by atoms with Crippen molar-refractivity contribution in [3.05, 3.63) is 47.0 Å². The minimum atomic E-state index is -4.49. The van der Waals surface area contributed by atoms with Crippen LogP contribution in [0.5, 0.6) is 0 Å². The predicted molar refractivity (Wildman–Crippen MR) is 102 cm³/mol. The Hall–Kier alpha value is -2.97. The van der Waals surface area contributed by atoms with Crippen LogP contribution in [0.1, 0.15) is 54.7 Å². The van der Waals surface area contributed by atoms with Gasteiger partial charge in [-0.25, -0.2) is 9.97 Å². The summed E-state index contributed by atoms with van der Waals surface area (Å²) in [5, 5.41) is 7.71. The molecular formula is C20H20F3N5O. The van der Waals surface area contributed by atoms with E-state index in [1.165, 1.54) is 6.07 Å². The highest BCUT2D eigenvalue weighted by molar-refractivity contribution is 6.06. The number of aryl methyl sites for hydroxylation is 2. The molecule has 1 aliphatic rings. The van der Waals surface area contributed by atoms with E-state index in [0.29, 0.717) is 34.8 Å². The van der Waals surface area contributed by atoms with Crippen LogP contribution in [0.2, 0.25) is 0 Å². The Labute approximate surface area is 165 Å². The van der Waals surface area contributed by atoms with Gasteiger partial charge in [0.2, 0.25) is 5.91 Å². The van der Waals surface area contributed by atoms with Crippen LogP contribution in [0.15, 0.2) is 24.4 Å². The highest BCUT2D eigenvalue weighted by atomic mass is 19.4. The smallest absolute Gasteiger partial charge is 0.325 e. The number of hydrogen-bond donors (Lipinski definition) is 1. The zero-order valence-corrected chi connectivity index (χ0v) is 16.0. The molecule has 6 nitrogen and oxygen atoms in total. The summed E-state index contributed by atoms with van der Waals surface area (Å²) < 4.78 is 41.4. The van der Waals surface area contributed by atoms with Crippen LogP contribution in [0.3, 0.4) is 0 Å². The summed E-state index contributed by atoms with van der Waals surface area (Å²) in [7, 11) is 0. The molecule has 0 spiro atoms. The lowest BCUT2D eigenvalue weighted by Gasteiger charge is -2.12. The molecule has 4 rings (SSSR count). The van der Waals surface area contributed by atoms with Crippen molar-refractivity contribution in [2.24, 2.45) is 0 Å². The third-order valence-electron chi connectivity index (χ3n) is 5.04. The second kappa shape index (κ2) is 7.13. The van der Waals surface area contributed by atoms with Gasteiger partial charge in [0.25, 0.3) is 0 Å². The number of nitrogens with one attached hydrogen (secondary N) is 1. The van der Waals surface area contributed by atoms with Gasteiger partial charge in [-0.1, -0.05) is 19.8 Å². The van der Waals surface area contributed by atoms with Gasteiger partial charge >= 0.3 is 6.18 Å². The van der Waals surface area contributed by atoms with Gasteiger partial charge in [0.1, 0.15) is 11.7 Å². The molecule has 2 aromatic heterocycles. The molecule has 9 heteroatoms. The van der Waals surface area contributed by atoms with Gasteiger partial charge in [-0.3, -0.25) is 9.48 Å². The lowest BCUT2D eigenvalue weighted by atomic mass is 9.93. The molecule has 1 aliphatic heterocycles. The van der Waals surface area contributed by atoms with Gasteiger partial charge in [-0.2, -0.15) is 18.3 Å². The van der Waals surface area contributed by atoms with Gasteiger partial charge in [0.15, 0.2) is 5.65 Å². The van der Waals surface area contributed by atoms with E-state index in [0.717, 1.165) is 31.4 Å². The van der Waals surface area contributed by atoms with Crippen molar-refractivity contribution in [1.82, 2.24) is 19.7 Å². The van der Waals surface area contributed by atoms with Crippen LogP contribution >= 0.6 is 0 Å². The fourth-order valence-corrected chi connectivity index (χ4v) is 3.65. The molecule has 0 radical (unpaired) electrons. The fourth-order valence-electron chi connectivity index (χ4n) is 3.65. The zero-order valence-electron chi connectivity index (χ0n) is 16.0. The largest absolute Gasteiger partial charge is 0.416 e. The van der Waals surface area contributed by atoms with Crippen molar-refractivity contribution in [2.75, 3.05) is 5.32 Å². The number of carbonyl (C=O) groups is 1. The van der Waals surface area contributed by atoms with Crippen LogP contribution in [0.4, 0.5) is 18.9 Å². The standard InChI is InChI=1S/C20H20F3N5O/c1-3-4-5-8-28-10-14-17(24-11(2)25-18(14)27-28)16-13-9-12(20(21,22)23)6-7-15(13)26-19(16)29/h6-7,9-10,16H,3-5,8H2,1-2H3,(H,26,29). The highest BCUT2D eigenvalue weighted by Gasteiger charge is 2.38. The van der Waals surface area contributed by atoms with Crippen molar-refractivity contribution < 1.29 is 18.0 Å². The molecule has 0 bridgehead atoms. The van der Waals surface area contributed by atoms with E-state index in [2.05, 4.69) is 27.3 Å². The van der Waals surface area contributed by atoms with E-state index >= 15 is 0 Å². The van der Waals surface area contributed by atoms with Crippen molar-refractivity contribution in [3.8, 4) is 0 Å². The van der Waals surface area contributed by atoms with E-state index in [4.69, 9.17) is 0 Å². The van der Waals surface area contributed by atoms with Gasteiger partial charge in [-0.15, -0.1) is 0 Å². The van der Waals surface area contributed by atoms with Gasteiger partial charge < -0.3 is 5.32 Å². The summed E-state index contributed by atoms with van der Waals surface area (Å²) in [5.41, 5.74) is 0.660. The molecular weight excluding hydrogens is 383 g/mol. The van der Waals surface area contributed by atoms with Crippen LogP contribution < -0.4 is 5.32 Å². The lowest BCUT2D eigenvalue weighted by Crippen LogP contribution is -2.15. The number of unbranched alkanes of at least 4 members (excludes halogenated alkanes) is 2. The topological polar surface area (TPSA) is 72.7 Å². The molecule has 0 saturated carbocycles. The zero-order chi connectivity index (χ0) is 20.8. The number of fused-ring (bicyclic) bond motifs is 2. The molecule has 0 saturated heterocycles. The third kappa shape index (κ3) is 3.56. The second-order valence-electron chi connectivity index (χ2n) is 7.21. The molecule has 1 atom stereocenters. The average molecular weight is 403 g/mol. The van der Waals surface area contributed by atoms with Gasteiger partial charge in [0, 0.05) is 18.4 Å². The second-order valence-corrected chi connectivity index (χ2v) is 7.21. The maximum atomic E-state index is 13.2. The quantitative estimate of drug-likeness (QED) is 0.640. The molecule has 3 heterocycles. The number of anilines is 1. The summed E-state index contributed by atoms with van der Waals surface area (Å²) in [6.45, 7) is 4.49. The number of aromatic nitrogens is 4. The number of amides is 1. The maximum absolute atomic E-state index is 13.2. The number of nitrogens with zero attached hydrogens (tertiary/aromatic N) is 4. The molecule has 29 heavy (non-hydrogen) atoms. The van der Waals surface area contributed by atoms with Crippen LogP contribution in [0, 0.1) is 6.92 Å². The molecule has 0 fully saturated rings. The van der Waals surface area contributed by atoms with E-state index in [9.17, 15) is 18.0 Å². The molecule has 0 aliphatic carbocycles. The van der Waals surface area contributed by atoms with E-state index in [1.54, 1.807) is 17.8 Å². The molecule has 3 aromatic rings. The minimum absolute atomic E-state index is 0.267. The Balaban J connectivity index is 1.82. The summed E-state index contributed by atoms with van der Waals surface area (Å²) >= 11 is 0. The number of benzene rings is 1. The van der Waals surface area contributed by atoms with E-state index in [1.807, 2.05) is 0 Å². The van der Waals surface area contributed by atoms with E-state index < -0.39 is 23.6 Å². The SMILES string of the molecule is CCCCCn1cc2c(C3C(=O)Nc4ccc(C(F)(F)F)cc43)nc(C)nc2n1. The lowest BCUT2D eigenvalue weighted by molar-refractivity contribution is -0.137. The maximum Gasteiger partial charge on any atom is 0.416 e. The van der Waals surface area contributed by atoms with Crippen molar-refractivity contribution in [2.45, 2.75) is 51.7 Å². The summed E-state index contributed by atoms with van der Waals surface area (Å²) in [6, 6.07) is 3.27. The number of carbonyl (C=O) groups excluding carboxylic acids is 1. The summed E-state index contributed by atoms with van der Waals surface area (Å²) in [5.74, 6) is -0.929. The average Bonchev–Trinajstić information content (AvgIpc) is 3.19. The number of rotatable bonds is 5.